The van der Waals surface area contributed by atoms with E-state index < -0.39 is 11.7 Å². The SMILES string of the molecule is Cn1ccnc1CC(N)CNC(=O)OC(C)(C)C. The second-order valence-electron chi connectivity index (χ2n) is 5.30. The van der Waals surface area contributed by atoms with Gasteiger partial charge in [-0.1, -0.05) is 0 Å². The molecule has 1 atom stereocenters. The Morgan fingerprint density at radius 2 is 2.28 bits per heavy atom. The summed E-state index contributed by atoms with van der Waals surface area (Å²) in [5.74, 6) is 0.897. The molecule has 0 saturated heterocycles. The van der Waals surface area contributed by atoms with Crippen LogP contribution in [0.1, 0.15) is 26.6 Å². The molecule has 6 nitrogen and oxygen atoms in total. The fourth-order valence-corrected chi connectivity index (χ4v) is 1.43. The lowest BCUT2D eigenvalue weighted by Gasteiger charge is -2.20. The molecule has 0 saturated carbocycles. The molecule has 0 bridgehead atoms. The molecule has 1 heterocycles. The molecule has 0 aromatic carbocycles. The first-order valence-electron chi connectivity index (χ1n) is 5.96. The van der Waals surface area contributed by atoms with Gasteiger partial charge < -0.3 is 20.4 Å². The summed E-state index contributed by atoms with van der Waals surface area (Å²) in [5.41, 5.74) is 5.43. The van der Waals surface area contributed by atoms with Crippen molar-refractivity contribution in [2.24, 2.45) is 12.8 Å². The van der Waals surface area contributed by atoms with Crippen LogP contribution in [0.15, 0.2) is 12.4 Å². The van der Waals surface area contributed by atoms with E-state index >= 15 is 0 Å². The number of carbonyl (C=O) groups is 1. The van der Waals surface area contributed by atoms with Crippen LogP contribution in [-0.4, -0.2) is 33.8 Å². The Kier molecular flexibility index (Phi) is 4.72. The van der Waals surface area contributed by atoms with Gasteiger partial charge in [0.05, 0.1) is 0 Å². The molecule has 3 N–H and O–H groups in total. The zero-order chi connectivity index (χ0) is 13.8. The fourth-order valence-electron chi connectivity index (χ4n) is 1.43. The summed E-state index contributed by atoms with van der Waals surface area (Å²) in [6, 6.07) is -0.182. The Labute approximate surface area is 108 Å². The zero-order valence-corrected chi connectivity index (χ0v) is 11.4. The van der Waals surface area contributed by atoms with Crippen LogP contribution >= 0.6 is 0 Å². The lowest BCUT2D eigenvalue weighted by molar-refractivity contribution is 0.0524. The predicted octanol–water partition coefficient (Wildman–Crippen LogP) is 0.815. The molecule has 1 aromatic heterocycles. The van der Waals surface area contributed by atoms with Crippen molar-refractivity contribution >= 4 is 6.09 Å². The summed E-state index contributed by atoms with van der Waals surface area (Å²) in [6.07, 6.45) is 3.75. The maximum Gasteiger partial charge on any atom is 0.407 e. The second-order valence-corrected chi connectivity index (χ2v) is 5.30. The minimum atomic E-state index is -0.492. The third kappa shape index (κ3) is 5.18. The van der Waals surface area contributed by atoms with Crippen molar-refractivity contribution in [3.8, 4) is 0 Å². The number of carbonyl (C=O) groups excluding carboxylic acids is 1. The topological polar surface area (TPSA) is 82.2 Å². The van der Waals surface area contributed by atoms with Gasteiger partial charge in [-0.2, -0.15) is 0 Å². The highest BCUT2D eigenvalue weighted by atomic mass is 16.6. The molecule has 102 valence electrons. The summed E-state index contributed by atoms with van der Waals surface area (Å²) < 4.78 is 7.03. The number of aromatic nitrogens is 2. The lowest BCUT2D eigenvalue weighted by Crippen LogP contribution is -2.41. The number of nitrogens with one attached hydrogen (secondary N) is 1. The molecule has 0 aliphatic rings. The van der Waals surface area contributed by atoms with E-state index in [4.69, 9.17) is 10.5 Å². The van der Waals surface area contributed by atoms with Crippen LogP contribution in [0, 0.1) is 0 Å². The summed E-state index contributed by atoms with van der Waals surface area (Å²) in [5, 5.41) is 2.65. The third-order valence-corrected chi connectivity index (χ3v) is 2.27. The number of hydrogen-bond acceptors (Lipinski definition) is 4. The van der Waals surface area contributed by atoms with Crippen LogP contribution in [0.3, 0.4) is 0 Å². The lowest BCUT2D eigenvalue weighted by atomic mass is 10.2. The van der Waals surface area contributed by atoms with Gasteiger partial charge >= 0.3 is 6.09 Å². The Morgan fingerprint density at radius 3 is 2.78 bits per heavy atom. The molecule has 0 fully saturated rings. The first-order chi connectivity index (χ1) is 8.28. The van der Waals surface area contributed by atoms with Crippen molar-refractivity contribution < 1.29 is 9.53 Å². The molecular formula is C12H22N4O2. The second kappa shape index (κ2) is 5.86. The smallest absolute Gasteiger partial charge is 0.407 e. The van der Waals surface area contributed by atoms with E-state index in [1.807, 2.05) is 38.6 Å². The quantitative estimate of drug-likeness (QED) is 0.833. The van der Waals surface area contributed by atoms with Crippen molar-refractivity contribution in [2.75, 3.05) is 6.54 Å². The first kappa shape index (κ1) is 14.5. The van der Waals surface area contributed by atoms with Gasteiger partial charge in [0.25, 0.3) is 0 Å². The zero-order valence-electron chi connectivity index (χ0n) is 11.4. The molecule has 18 heavy (non-hydrogen) atoms. The Balaban J connectivity index is 2.31. The molecule has 1 rings (SSSR count). The van der Waals surface area contributed by atoms with Gasteiger partial charge in [0.15, 0.2) is 0 Å². The molecule has 1 unspecified atom stereocenters. The van der Waals surface area contributed by atoms with Crippen molar-refractivity contribution in [1.29, 1.82) is 0 Å². The number of nitrogens with zero attached hydrogens (tertiary/aromatic N) is 2. The van der Waals surface area contributed by atoms with E-state index in [2.05, 4.69) is 10.3 Å². The van der Waals surface area contributed by atoms with Crippen molar-refractivity contribution in [3.05, 3.63) is 18.2 Å². The highest BCUT2D eigenvalue weighted by Gasteiger charge is 2.16. The number of imidazole rings is 1. The van der Waals surface area contributed by atoms with Gasteiger partial charge in [0, 0.05) is 38.4 Å². The molecule has 1 amide bonds. The van der Waals surface area contributed by atoms with Crippen LogP contribution in [0.4, 0.5) is 4.79 Å². The number of amides is 1. The Hall–Kier alpha value is -1.56. The van der Waals surface area contributed by atoms with E-state index in [1.54, 1.807) is 6.20 Å². The van der Waals surface area contributed by atoms with E-state index in [9.17, 15) is 4.79 Å². The third-order valence-electron chi connectivity index (χ3n) is 2.27. The maximum absolute atomic E-state index is 11.4. The van der Waals surface area contributed by atoms with Gasteiger partial charge in [-0.25, -0.2) is 9.78 Å². The van der Waals surface area contributed by atoms with Gasteiger partial charge in [-0.3, -0.25) is 0 Å². The summed E-state index contributed by atoms with van der Waals surface area (Å²) in [4.78, 5) is 15.6. The van der Waals surface area contributed by atoms with Crippen LogP contribution in [-0.2, 0) is 18.2 Å². The minimum absolute atomic E-state index is 0.182. The summed E-state index contributed by atoms with van der Waals surface area (Å²) in [6.45, 7) is 5.82. The van der Waals surface area contributed by atoms with Crippen molar-refractivity contribution in [1.82, 2.24) is 14.9 Å². The van der Waals surface area contributed by atoms with Crippen LogP contribution in [0.25, 0.3) is 0 Å². The van der Waals surface area contributed by atoms with Crippen LogP contribution < -0.4 is 11.1 Å². The van der Waals surface area contributed by atoms with Crippen LogP contribution in [0.2, 0.25) is 0 Å². The van der Waals surface area contributed by atoms with Gasteiger partial charge in [-0.15, -0.1) is 0 Å². The standard InChI is InChI=1S/C12H22N4O2/c1-12(2,3)18-11(17)15-8-9(13)7-10-14-5-6-16(10)4/h5-6,9H,7-8,13H2,1-4H3,(H,15,17). The molecule has 0 aliphatic heterocycles. The average Bonchev–Trinajstić information content (AvgIpc) is 2.59. The summed E-state index contributed by atoms with van der Waals surface area (Å²) >= 11 is 0. The number of hydrogen-bond donors (Lipinski definition) is 2. The van der Waals surface area contributed by atoms with Crippen molar-refractivity contribution in [2.45, 2.75) is 38.8 Å². The fraction of sp³-hybridized carbons (Fsp3) is 0.667. The van der Waals surface area contributed by atoms with Crippen LogP contribution in [0.5, 0.6) is 0 Å². The highest BCUT2D eigenvalue weighted by Crippen LogP contribution is 2.06. The number of ether oxygens (including phenoxy) is 1. The first-order valence-corrected chi connectivity index (χ1v) is 5.96. The van der Waals surface area contributed by atoms with Gasteiger partial charge in [0.1, 0.15) is 11.4 Å². The average molecular weight is 254 g/mol. The normalized spacial score (nSPS) is 13.2. The molecule has 0 aliphatic carbocycles. The predicted molar refractivity (Wildman–Crippen MR) is 69.1 cm³/mol. The van der Waals surface area contributed by atoms with E-state index in [-0.39, 0.29) is 6.04 Å². The summed E-state index contributed by atoms with van der Waals surface area (Å²) in [7, 11) is 1.91. The van der Waals surface area contributed by atoms with Gasteiger partial charge in [0.2, 0.25) is 0 Å². The molecule has 0 radical (unpaired) electrons. The van der Waals surface area contributed by atoms with E-state index in [1.165, 1.54) is 0 Å². The largest absolute Gasteiger partial charge is 0.444 e. The number of alkyl carbamates (subject to hydrolysis) is 1. The van der Waals surface area contributed by atoms with Gasteiger partial charge in [-0.05, 0) is 20.8 Å². The number of aryl methyl sites for hydroxylation is 1. The Bertz CT molecular complexity index is 395. The number of rotatable bonds is 4. The van der Waals surface area contributed by atoms with E-state index in [0.29, 0.717) is 13.0 Å². The highest BCUT2D eigenvalue weighted by molar-refractivity contribution is 5.67. The molecule has 6 heteroatoms. The molecule has 1 aromatic rings. The number of nitrogens with two attached hydrogens (primary N) is 1. The maximum atomic E-state index is 11.4. The minimum Gasteiger partial charge on any atom is -0.444 e. The molecule has 0 spiro atoms. The molecular weight excluding hydrogens is 232 g/mol. The van der Waals surface area contributed by atoms with E-state index in [0.717, 1.165) is 5.82 Å². The monoisotopic (exact) mass is 254 g/mol. The Morgan fingerprint density at radius 1 is 1.61 bits per heavy atom. The van der Waals surface area contributed by atoms with Crippen molar-refractivity contribution in [3.63, 3.8) is 0 Å².